The van der Waals surface area contributed by atoms with E-state index >= 15 is 0 Å². The first-order valence-corrected chi connectivity index (χ1v) is 10.6. The highest BCUT2D eigenvalue weighted by molar-refractivity contribution is 5.87. The molecule has 32 heavy (non-hydrogen) atoms. The van der Waals surface area contributed by atoms with E-state index in [0.29, 0.717) is 19.0 Å². The van der Waals surface area contributed by atoms with Crippen molar-refractivity contribution in [2.75, 3.05) is 26.1 Å². The van der Waals surface area contributed by atoms with Crippen LogP contribution < -0.4 is 15.2 Å². The zero-order chi connectivity index (χ0) is 23.6. The summed E-state index contributed by atoms with van der Waals surface area (Å²) < 4.78 is 15.4. The van der Waals surface area contributed by atoms with Crippen molar-refractivity contribution in [2.24, 2.45) is 0 Å². The number of methoxy groups -OCH3 is 1. The number of esters is 1. The van der Waals surface area contributed by atoms with Crippen LogP contribution in [0.25, 0.3) is 0 Å². The molecule has 2 rings (SSSR count). The minimum atomic E-state index is -0.934. The van der Waals surface area contributed by atoms with Crippen molar-refractivity contribution in [1.82, 2.24) is 0 Å². The fourth-order valence-electron chi connectivity index (χ4n) is 2.63. The molecule has 0 saturated carbocycles. The quantitative estimate of drug-likeness (QED) is 0.192. The number of hydrogen-bond acceptors (Lipinski definition) is 6. The van der Waals surface area contributed by atoms with Gasteiger partial charge in [-0.15, -0.1) is 0 Å². The van der Waals surface area contributed by atoms with Crippen LogP contribution in [-0.4, -0.2) is 37.4 Å². The smallest absolute Gasteiger partial charge is 0.335 e. The molecule has 0 unspecified atom stereocenters. The molecule has 0 radical (unpaired) electrons. The van der Waals surface area contributed by atoms with Crippen LogP contribution in [0.5, 0.6) is 11.5 Å². The maximum absolute atomic E-state index is 10.8. The molecule has 2 aromatic rings. The van der Waals surface area contributed by atoms with E-state index in [1.165, 1.54) is 18.2 Å². The molecular weight excluding hydrogens is 410 g/mol. The molecule has 0 spiro atoms. The lowest BCUT2D eigenvalue weighted by Crippen LogP contribution is -2.01. The zero-order valence-electron chi connectivity index (χ0n) is 18.6. The van der Waals surface area contributed by atoms with E-state index in [0.717, 1.165) is 50.0 Å². The number of hydrogen-bond donors (Lipinski definition) is 2. The van der Waals surface area contributed by atoms with Gasteiger partial charge in [-0.05, 0) is 61.4 Å². The summed E-state index contributed by atoms with van der Waals surface area (Å²) in [6.45, 7) is 4.43. The van der Waals surface area contributed by atoms with Gasteiger partial charge in [-0.25, -0.2) is 9.59 Å². The number of carbonyl (C=O) groups is 2. The Hall–Kier alpha value is -3.48. The first-order chi connectivity index (χ1) is 15.5. The summed E-state index contributed by atoms with van der Waals surface area (Å²) in [5.41, 5.74) is 6.45. The fourth-order valence-corrected chi connectivity index (χ4v) is 2.63. The number of aromatic carboxylic acids is 1. The molecule has 0 saturated heterocycles. The molecule has 7 heteroatoms. The average molecular weight is 444 g/mol. The standard InChI is InChI=1S/C18H24O5.C7H9NO/c1-2-17(19)23-14-8-6-4-3-5-7-13-22-16-11-9-15(10-12-16)18(20)21;1-9-7-4-2-6(8)3-5-7/h2,9-12H,1,3-8,13-14H2,(H,20,21);2-5H,8H2,1H3. The van der Waals surface area contributed by atoms with E-state index in [-0.39, 0.29) is 11.5 Å². The third-order valence-corrected chi connectivity index (χ3v) is 4.44. The predicted octanol–water partition coefficient (Wildman–Crippen LogP) is 5.11. The number of unbranched alkanes of at least 4 members (excludes halogenated alkanes) is 5. The Bertz CT molecular complexity index is 802. The van der Waals surface area contributed by atoms with Crippen molar-refractivity contribution >= 4 is 17.6 Å². The molecule has 0 heterocycles. The third kappa shape index (κ3) is 12.3. The summed E-state index contributed by atoms with van der Waals surface area (Å²) in [7, 11) is 1.63. The normalized spacial score (nSPS) is 9.78. The molecule has 7 nitrogen and oxygen atoms in total. The topological polar surface area (TPSA) is 108 Å². The molecule has 0 aliphatic heterocycles. The minimum Gasteiger partial charge on any atom is -0.497 e. The van der Waals surface area contributed by atoms with Crippen molar-refractivity contribution in [3.63, 3.8) is 0 Å². The van der Waals surface area contributed by atoms with Crippen molar-refractivity contribution in [2.45, 2.75) is 38.5 Å². The van der Waals surface area contributed by atoms with Gasteiger partial charge in [0.1, 0.15) is 11.5 Å². The number of anilines is 1. The van der Waals surface area contributed by atoms with Gasteiger partial charge < -0.3 is 25.1 Å². The Morgan fingerprint density at radius 1 is 0.875 bits per heavy atom. The molecule has 2 aromatic carbocycles. The summed E-state index contributed by atoms with van der Waals surface area (Å²) in [5, 5.41) is 8.80. The van der Waals surface area contributed by atoms with E-state index in [1.54, 1.807) is 31.4 Å². The highest BCUT2D eigenvalue weighted by atomic mass is 16.5. The number of carbonyl (C=O) groups excluding carboxylic acids is 1. The largest absolute Gasteiger partial charge is 0.497 e. The number of carboxylic acids is 1. The molecule has 0 aliphatic rings. The van der Waals surface area contributed by atoms with Gasteiger partial charge in [0, 0.05) is 11.8 Å². The van der Waals surface area contributed by atoms with Gasteiger partial charge in [0.15, 0.2) is 0 Å². The van der Waals surface area contributed by atoms with E-state index in [4.69, 9.17) is 25.1 Å². The second-order valence-electron chi connectivity index (χ2n) is 6.94. The number of nitrogen functional groups attached to an aromatic ring is 1. The van der Waals surface area contributed by atoms with Crippen molar-refractivity contribution in [3.05, 3.63) is 66.7 Å². The summed E-state index contributed by atoms with van der Waals surface area (Å²) in [6, 6.07) is 13.7. The lowest BCUT2D eigenvalue weighted by atomic mass is 10.1. The third-order valence-electron chi connectivity index (χ3n) is 4.44. The molecule has 0 aromatic heterocycles. The molecular formula is C25H33NO6. The lowest BCUT2D eigenvalue weighted by Gasteiger charge is -2.06. The Morgan fingerprint density at radius 3 is 1.94 bits per heavy atom. The van der Waals surface area contributed by atoms with Crippen LogP contribution in [0.4, 0.5) is 5.69 Å². The fraction of sp³-hybridized carbons (Fsp3) is 0.360. The van der Waals surface area contributed by atoms with E-state index in [2.05, 4.69) is 6.58 Å². The van der Waals surface area contributed by atoms with Crippen LogP contribution in [0.1, 0.15) is 48.9 Å². The minimum absolute atomic E-state index is 0.260. The highest BCUT2D eigenvalue weighted by Crippen LogP contribution is 2.14. The maximum atomic E-state index is 10.8. The summed E-state index contributed by atoms with van der Waals surface area (Å²) in [5.74, 6) is 0.234. The molecule has 0 fully saturated rings. The SMILES string of the molecule is C=CC(=O)OCCCCCCCCOc1ccc(C(=O)O)cc1.COc1ccc(N)cc1. The van der Waals surface area contributed by atoms with Crippen LogP contribution in [-0.2, 0) is 9.53 Å². The average Bonchev–Trinajstić information content (AvgIpc) is 2.81. The molecule has 0 amide bonds. The van der Waals surface area contributed by atoms with Gasteiger partial charge in [-0.3, -0.25) is 0 Å². The van der Waals surface area contributed by atoms with E-state index in [1.807, 2.05) is 12.1 Å². The number of nitrogens with two attached hydrogens (primary N) is 1. The highest BCUT2D eigenvalue weighted by Gasteiger charge is 2.02. The summed E-state index contributed by atoms with van der Waals surface area (Å²) in [6.07, 6.45) is 7.38. The van der Waals surface area contributed by atoms with Crippen LogP contribution >= 0.6 is 0 Å². The van der Waals surface area contributed by atoms with Gasteiger partial charge in [-0.1, -0.05) is 32.3 Å². The first kappa shape index (κ1) is 26.6. The number of benzene rings is 2. The van der Waals surface area contributed by atoms with Crippen LogP contribution in [0.3, 0.4) is 0 Å². The Labute approximate surface area is 189 Å². The monoisotopic (exact) mass is 443 g/mol. The Kier molecular flexibility index (Phi) is 13.5. The second kappa shape index (κ2) is 16.2. The van der Waals surface area contributed by atoms with Crippen molar-refractivity contribution in [3.8, 4) is 11.5 Å². The number of rotatable bonds is 13. The summed E-state index contributed by atoms with van der Waals surface area (Å²) in [4.78, 5) is 21.5. The number of ether oxygens (including phenoxy) is 3. The van der Waals surface area contributed by atoms with E-state index in [9.17, 15) is 9.59 Å². The Morgan fingerprint density at radius 2 is 1.41 bits per heavy atom. The predicted molar refractivity (Wildman–Crippen MR) is 125 cm³/mol. The molecule has 174 valence electrons. The van der Waals surface area contributed by atoms with Crippen LogP contribution in [0.15, 0.2) is 61.2 Å². The van der Waals surface area contributed by atoms with Crippen molar-refractivity contribution in [1.29, 1.82) is 0 Å². The van der Waals surface area contributed by atoms with Gasteiger partial charge in [0.2, 0.25) is 0 Å². The van der Waals surface area contributed by atoms with E-state index < -0.39 is 5.97 Å². The van der Waals surface area contributed by atoms with Gasteiger partial charge >= 0.3 is 11.9 Å². The lowest BCUT2D eigenvalue weighted by molar-refractivity contribution is -0.137. The molecule has 3 N–H and O–H groups in total. The summed E-state index contributed by atoms with van der Waals surface area (Å²) >= 11 is 0. The van der Waals surface area contributed by atoms with Crippen LogP contribution in [0, 0.1) is 0 Å². The van der Waals surface area contributed by atoms with Gasteiger partial charge in [0.25, 0.3) is 0 Å². The van der Waals surface area contributed by atoms with Crippen LogP contribution in [0.2, 0.25) is 0 Å². The zero-order valence-corrected chi connectivity index (χ0v) is 18.6. The molecule has 0 bridgehead atoms. The maximum Gasteiger partial charge on any atom is 0.335 e. The Balaban J connectivity index is 0.000000471. The molecule has 0 aliphatic carbocycles. The second-order valence-corrected chi connectivity index (χ2v) is 6.94. The molecule has 0 atom stereocenters. The first-order valence-electron chi connectivity index (χ1n) is 10.6. The number of carboxylic acid groups (broad SMARTS) is 1. The van der Waals surface area contributed by atoms with Crippen molar-refractivity contribution < 1.29 is 28.9 Å². The van der Waals surface area contributed by atoms with Gasteiger partial charge in [-0.2, -0.15) is 0 Å². The van der Waals surface area contributed by atoms with Gasteiger partial charge in [0.05, 0.1) is 25.9 Å².